The fourth-order valence-electron chi connectivity index (χ4n) is 2.54. The number of carbonyl (C=O) groups is 1. The number of pyridine rings is 1. The molecule has 1 aliphatic heterocycles. The molecule has 0 aliphatic carbocycles. The van der Waals surface area contributed by atoms with Gasteiger partial charge in [-0.3, -0.25) is 4.79 Å². The number of methoxy groups -OCH3 is 1. The third kappa shape index (κ3) is 3.08. The molecule has 0 fully saturated rings. The van der Waals surface area contributed by atoms with Gasteiger partial charge in [0, 0.05) is 18.2 Å². The first-order valence-electron chi connectivity index (χ1n) is 7.64. The predicted octanol–water partition coefficient (Wildman–Crippen LogP) is 2.92. The normalized spacial score (nSPS) is 19.4. The number of aryl methyl sites for hydroxylation is 1. The zero-order valence-corrected chi connectivity index (χ0v) is 13.9. The summed E-state index contributed by atoms with van der Waals surface area (Å²) < 4.78 is 5.35. The van der Waals surface area contributed by atoms with Crippen molar-refractivity contribution >= 4 is 17.4 Å². The first kappa shape index (κ1) is 16.0. The molecule has 1 N–H and O–H groups in total. The third-order valence-electron chi connectivity index (χ3n) is 3.92. The summed E-state index contributed by atoms with van der Waals surface area (Å²) in [5, 5.41) is 6.89. The molecule has 0 saturated carbocycles. The predicted molar refractivity (Wildman–Crippen MR) is 91.2 cm³/mol. The van der Waals surface area contributed by atoms with Crippen LogP contribution in [0.5, 0.6) is 5.75 Å². The van der Waals surface area contributed by atoms with Crippen molar-refractivity contribution < 1.29 is 14.4 Å². The van der Waals surface area contributed by atoms with Crippen LogP contribution >= 0.6 is 0 Å². The molecule has 24 heavy (non-hydrogen) atoms. The SMILES string of the molecule is COc1ccccc1C1=NO[C@](C)(C(=O)Nc2cc(C)ccn2)C1. The van der Waals surface area contributed by atoms with Crippen molar-refractivity contribution in [2.75, 3.05) is 12.4 Å². The summed E-state index contributed by atoms with van der Waals surface area (Å²) in [6, 6.07) is 11.2. The summed E-state index contributed by atoms with van der Waals surface area (Å²) in [4.78, 5) is 22.2. The lowest BCUT2D eigenvalue weighted by molar-refractivity contribution is -0.135. The first-order valence-corrected chi connectivity index (χ1v) is 7.64. The van der Waals surface area contributed by atoms with Crippen LogP contribution in [-0.4, -0.2) is 29.3 Å². The number of hydrogen-bond acceptors (Lipinski definition) is 5. The van der Waals surface area contributed by atoms with E-state index in [9.17, 15) is 4.79 Å². The van der Waals surface area contributed by atoms with Crippen molar-refractivity contribution in [1.82, 2.24) is 4.98 Å². The number of anilines is 1. The van der Waals surface area contributed by atoms with E-state index in [1.165, 1.54) is 0 Å². The van der Waals surface area contributed by atoms with Gasteiger partial charge in [-0.2, -0.15) is 0 Å². The molecule has 0 radical (unpaired) electrons. The van der Waals surface area contributed by atoms with E-state index in [0.29, 0.717) is 23.7 Å². The van der Waals surface area contributed by atoms with Gasteiger partial charge in [0.25, 0.3) is 5.91 Å². The van der Waals surface area contributed by atoms with Crippen LogP contribution in [0.1, 0.15) is 24.5 Å². The summed E-state index contributed by atoms with van der Waals surface area (Å²) in [6.07, 6.45) is 2.00. The molecule has 1 aliphatic rings. The highest BCUT2D eigenvalue weighted by Gasteiger charge is 2.43. The smallest absolute Gasteiger partial charge is 0.272 e. The van der Waals surface area contributed by atoms with Gasteiger partial charge in [0.1, 0.15) is 11.6 Å². The van der Waals surface area contributed by atoms with Crippen LogP contribution in [0, 0.1) is 6.92 Å². The van der Waals surface area contributed by atoms with Gasteiger partial charge in [0.05, 0.1) is 12.8 Å². The van der Waals surface area contributed by atoms with Gasteiger partial charge in [-0.25, -0.2) is 4.98 Å². The molecule has 1 amide bonds. The molecule has 6 heteroatoms. The molecule has 2 aromatic rings. The molecule has 6 nitrogen and oxygen atoms in total. The molecule has 1 aromatic carbocycles. The maximum Gasteiger partial charge on any atom is 0.272 e. The number of oxime groups is 1. The third-order valence-corrected chi connectivity index (χ3v) is 3.92. The van der Waals surface area contributed by atoms with Crippen LogP contribution in [0.4, 0.5) is 5.82 Å². The quantitative estimate of drug-likeness (QED) is 0.938. The number of benzene rings is 1. The molecular formula is C18H19N3O3. The maximum atomic E-state index is 12.6. The highest BCUT2D eigenvalue weighted by molar-refractivity contribution is 6.09. The number of carbonyl (C=O) groups excluding carboxylic acids is 1. The summed E-state index contributed by atoms with van der Waals surface area (Å²) >= 11 is 0. The van der Waals surface area contributed by atoms with Crippen LogP contribution in [0.2, 0.25) is 0 Å². The Morgan fingerprint density at radius 1 is 1.33 bits per heavy atom. The lowest BCUT2D eigenvalue weighted by Gasteiger charge is -2.20. The maximum absolute atomic E-state index is 12.6. The van der Waals surface area contributed by atoms with Crippen molar-refractivity contribution in [2.45, 2.75) is 25.9 Å². The summed E-state index contributed by atoms with van der Waals surface area (Å²) in [5.41, 5.74) is 1.44. The fourth-order valence-corrected chi connectivity index (χ4v) is 2.54. The van der Waals surface area contributed by atoms with E-state index in [1.807, 2.05) is 37.3 Å². The van der Waals surface area contributed by atoms with E-state index in [0.717, 1.165) is 11.1 Å². The Morgan fingerprint density at radius 3 is 2.88 bits per heavy atom. The molecule has 1 aromatic heterocycles. The largest absolute Gasteiger partial charge is 0.496 e. The number of nitrogens with zero attached hydrogens (tertiary/aromatic N) is 2. The minimum Gasteiger partial charge on any atom is -0.496 e. The second-order valence-corrected chi connectivity index (χ2v) is 5.91. The van der Waals surface area contributed by atoms with E-state index >= 15 is 0 Å². The average molecular weight is 325 g/mol. The van der Waals surface area contributed by atoms with Gasteiger partial charge in [-0.1, -0.05) is 17.3 Å². The van der Waals surface area contributed by atoms with E-state index in [4.69, 9.17) is 9.57 Å². The van der Waals surface area contributed by atoms with Crippen molar-refractivity contribution in [3.8, 4) is 5.75 Å². The zero-order chi connectivity index (χ0) is 17.2. The Morgan fingerprint density at radius 2 is 2.12 bits per heavy atom. The number of aromatic nitrogens is 1. The molecule has 0 bridgehead atoms. The molecule has 3 rings (SSSR count). The Bertz CT molecular complexity index is 804. The van der Waals surface area contributed by atoms with Gasteiger partial charge in [-0.05, 0) is 43.7 Å². The van der Waals surface area contributed by atoms with Crippen molar-refractivity contribution in [3.05, 3.63) is 53.7 Å². The van der Waals surface area contributed by atoms with E-state index in [-0.39, 0.29) is 5.91 Å². The summed E-state index contributed by atoms with van der Waals surface area (Å²) in [7, 11) is 1.60. The van der Waals surface area contributed by atoms with Crippen LogP contribution in [0.3, 0.4) is 0 Å². The van der Waals surface area contributed by atoms with E-state index in [2.05, 4.69) is 15.5 Å². The van der Waals surface area contributed by atoms with E-state index < -0.39 is 5.60 Å². The minimum atomic E-state index is -1.08. The Balaban J connectivity index is 1.75. The summed E-state index contributed by atoms with van der Waals surface area (Å²) in [6.45, 7) is 3.65. The highest BCUT2D eigenvalue weighted by atomic mass is 16.7. The van der Waals surface area contributed by atoms with E-state index in [1.54, 1.807) is 26.3 Å². The number of hydrogen-bond donors (Lipinski definition) is 1. The zero-order valence-electron chi connectivity index (χ0n) is 13.9. The lowest BCUT2D eigenvalue weighted by atomic mass is 9.94. The number of amides is 1. The van der Waals surface area contributed by atoms with Crippen molar-refractivity contribution in [1.29, 1.82) is 0 Å². The Hall–Kier alpha value is -2.89. The van der Waals surface area contributed by atoms with Gasteiger partial charge >= 0.3 is 0 Å². The summed E-state index contributed by atoms with van der Waals surface area (Å²) in [5.74, 6) is 0.912. The van der Waals surface area contributed by atoms with Crippen molar-refractivity contribution in [2.24, 2.45) is 5.16 Å². The molecule has 2 heterocycles. The van der Waals surface area contributed by atoms with Crippen LogP contribution < -0.4 is 10.1 Å². The van der Waals surface area contributed by atoms with Crippen molar-refractivity contribution in [3.63, 3.8) is 0 Å². The molecule has 1 atom stereocenters. The number of ether oxygens (including phenoxy) is 1. The van der Waals surface area contributed by atoms with Crippen LogP contribution in [0.15, 0.2) is 47.8 Å². The first-order chi connectivity index (χ1) is 11.5. The second kappa shape index (κ2) is 6.31. The number of rotatable bonds is 4. The molecular weight excluding hydrogens is 306 g/mol. The molecule has 0 unspecified atom stereocenters. The van der Waals surface area contributed by atoms with Gasteiger partial charge in [0.15, 0.2) is 0 Å². The molecule has 124 valence electrons. The average Bonchev–Trinajstić information content (AvgIpc) is 2.98. The van der Waals surface area contributed by atoms with Gasteiger partial charge < -0.3 is 14.9 Å². The topological polar surface area (TPSA) is 72.8 Å². The highest BCUT2D eigenvalue weighted by Crippen LogP contribution is 2.31. The van der Waals surface area contributed by atoms with Crippen LogP contribution in [-0.2, 0) is 9.63 Å². The Kier molecular flexibility index (Phi) is 4.20. The Labute approximate surface area is 140 Å². The monoisotopic (exact) mass is 325 g/mol. The molecule has 0 spiro atoms. The number of nitrogens with one attached hydrogen (secondary N) is 1. The fraction of sp³-hybridized carbons (Fsp3) is 0.278. The van der Waals surface area contributed by atoms with Gasteiger partial charge in [-0.15, -0.1) is 0 Å². The second-order valence-electron chi connectivity index (χ2n) is 5.91. The minimum absolute atomic E-state index is 0.283. The van der Waals surface area contributed by atoms with Crippen LogP contribution in [0.25, 0.3) is 0 Å². The lowest BCUT2D eigenvalue weighted by Crippen LogP contribution is -2.40. The molecule has 0 saturated heterocycles. The number of para-hydroxylation sites is 1. The standard InChI is InChI=1S/C18H19N3O3/c1-12-8-9-19-16(10-12)20-17(22)18(2)11-14(21-24-18)13-6-4-5-7-15(13)23-3/h4-10H,11H2,1-3H3,(H,19,20,22)/t18-/m0/s1. The van der Waals surface area contributed by atoms with Gasteiger partial charge in [0.2, 0.25) is 5.60 Å².